The van der Waals surface area contributed by atoms with Gasteiger partial charge in [0.15, 0.2) is 6.04 Å². The number of carboxylic acids is 1. The molecule has 8 nitrogen and oxygen atoms in total. The lowest BCUT2D eigenvalue weighted by Crippen LogP contribution is -2.43. The first-order valence-corrected chi connectivity index (χ1v) is 5.26. The van der Waals surface area contributed by atoms with Crippen LogP contribution in [0.2, 0.25) is 0 Å². The summed E-state index contributed by atoms with van der Waals surface area (Å²) in [7, 11) is 0. The van der Waals surface area contributed by atoms with Crippen molar-refractivity contribution >= 4 is 17.6 Å². The van der Waals surface area contributed by atoms with Gasteiger partial charge in [0.2, 0.25) is 0 Å². The maximum atomic E-state index is 11.8. The Morgan fingerprint density at radius 1 is 1.47 bits per heavy atom. The van der Waals surface area contributed by atoms with Gasteiger partial charge < -0.3 is 15.5 Å². The van der Waals surface area contributed by atoms with Gasteiger partial charge in [-0.15, -0.1) is 0 Å². The number of aryl methyl sites for hydroxylation is 1. The van der Waals surface area contributed by atoms with E-state index in [1.165, 1.54) is 18.2 Å². The summed E-state index contributed by atoms with van der Waals surface area (Å²) in [5, 5.41) is 30.3. The number of aliphatic hydroxyl groups excluding tert-OH is 1. The number of hydrogen-bond acceptors (Lipinski definition) is 5. The molecule has 1 aromatic rings. The highest BCUT2D eigenvalue weighted by Gasteiger charge is 2.25. The lowest BCUT2D eigenvalue weighted by Gasteiger charge is -2.11. The molecule has 1 aromatic carbocycles. The van der Waals surface area contributed by atoms with Crippen LogP contribution in [0.1, 0.15) is 15.9 Å². The summed E-state index contributed by atoms with van der Waals surface area (Å²) >= 11 is 0. The van der Waals surface area contributed by atoms with Crippen molar-refractivity contribution in [3.05, 3.63) is 39.4 Å². The Hall–Kier alpha value is -2.48. The van der Waals surface area contributed by atoms with E-state index >= 15 is 0 Å². The lowest BCUT2D eigenvalue weighted by atomic mass is 10.1. The summed E-state index contributed by atoms with van der Waals surface area (Å²) in [5.74, 6) is -2.34. The molecule has 0 aliphatic carbocycles. The van der Waals surface area contributed by atoms with Crippen LogP contribution in [-0.2, 0) is 4.79 Å². The fourth-order valence-electron chi connectivity index (χ4n) is 1.41. The van der Waals surface area contributed by atoms with Gasteiger partial charge in [-0.2, -0.15) is 0 Å². The first-order valence-electron chi connectivity index (χ1n) is 5.26. The zero-order valence-electron chi connectivity index (χ0n) is 9.99. The third kappa shape index (κ3) is 3.49. The second-order valence-electron chi connectivity index (χ2n) is 3.82. The first kappa shape index (κ1) is 14.6. The highest BCUT2D eigenvalue weighted by molar-refractivity contribution is 6.00. The van der Waals surface area contributed by atoms with Gasteiger partial charge in [-0.05, 0) is 18.6 Å². The zero-order chi connectivity index (χ0) is 14.6. The van der Waals surface area contributed by atoms with Gasteiger partial charge >= 0.3 is 5.97 Å². The molecule has 0 spiro atoms. The van der Waals surface area contributed by atoms with Crippen LogP contribution < -0.4 is 5.32 Å². The summed E-state index contributed by atoms with van der Waals surface area (Å²) in [6.07, 6.45) is 0. The summed E-state index contributed by atoms with van der Waals surface area (Å²) in [6, 6.07) is 2.41. The molecule has 102 valence electrons. The van der Waals surface area contributed by atoms with Crippen LogP contribution in [0.4, 0.5) is 5.69 Å². The number of aliphatic hydroxyl groups is 1. The van der Waals surface area contributed by atoms with Crippen molar-refractivity contribution < 1.29 is 24.7 Å². The van der Waals surface area contributed by atoms with Crippen molar-refractivity contribution in [2.75, 3.05) is 6.61 Å². The number of aliphatic carboxylic acids is 1. The van der Waals surface area contributed by atoms with Crippen molar-refractivity contribution in [3.8, 4) is 0 Å². The number of nitro benzene ring substituents is 1. The summed E-state index contributed by atoms with van der Waals surface area (Å²) < 4.78 is 0. The summed E-state index contributed by atoms with van der Waals surface area (Å²) in [4.78, 5) is 32.5. The van der Waals surface area contributed by atoms with E-state index in [0.717, 1.165) is 0 Å². The molecule has 0 aliphatic heterocycles. The van der Waals surface area contributed by atoms with Crippen molar-refractivity contribution in [2.24, 2.45) is 0 Å². The van der Waals surface area contributed by atoms with Crippen LogP contribution in [-0.4, -0.2) is 39.7 Å². The topological polar surface area (TPSA) is 130 Å². The predicted octanol–water partition coefficient (Wildman–Crippen LogP) is 0.0785. The van der Waals surface area contributed by atoms with Crippen LogP contribution in [0.25, 0.3) is 0 Å². The van der Waals surface area contributed by atoms with Gasteiger partial charge in [0.1, 0.15) is 5.56 Å². The standard InChI is InChI=1S/C11H12N2O6/c1-6-2-3-9(13(18)19)7(4-6)10(15)12-8(5-14)11(16)17/h2-4,8,14H,5H2,1H3,(H,12,15)(H,16,17)/t8-/m0/s1. The molecule has 1 rings (SSSR count). The second kappa shape index (κ2) is 5.91. The van der Waals surface area contributed by atoms with Crippen molar-refractivity contribution in [1.29, 1.82) is 0 Å². The summed E-state index contributed by atoms with van der Waals surface area (Å²) in [6.45, 7) is 0.835. The number of nitro groups is 1. The number of carbonyl (C=O) groups is 2. The van der Waals surface area contributed by atoms with Crippen LogP contribution in [0.5, 0.6) is 0 Å². The van der Waals surface area contributed by atoms with Gasteiger partial charge in [0.05, 0.1) is 11.5 Å². The molecule has 0 aliphatic rings. The molecule has 8 heteroatoms. The molecule has 0 bridgehead atoms. The van der Waals surface area contributed by atoms with Crippen LogP contribution in [0, 0.1) is 17.0 Å². The second-order valence-corrected chi connectivity index (χ2v) is 3.82. The minimum atomic E-state index is -1.51. The number of nitrogens with zero attached hydrogens (tertiary/aromatic N) is 1. The van der Waals surface area contributed by atoms with Crippen LogP contribution in [0.15, 0.2) is 18.2 Å². The molecule has 0 radical (unpaired) electrons. The number of carboxylic acid groups (broad SMARTS) is 1. The average Bonchev–Trinajstić information content (AvgIpc) is 2.34. The monoisotopic (exact) mass is 268 g/mol. The fourth-order valence-corrected chi connectivity index (χ4v) is 1.41. The van der Waals surface area contributed by atoms with E-state index in [1.807, 2.05) is 5.32 Å². The minimum Gasteiger partial charge on any atom is -0.480 e. The van der Waals surface area contributed by atoms with Crippen molar-refractivity contribution in [1.82, 2.24) is 5.32 Å². The van der Waals surface area contributed by atoms with Crippen molar-refractivity contribution in [2.45, 2.75) is 13.0 Å². The van der Waals surface area contributed by atoms with E-state index in [4.69, 9.17) is 10.2 Å². The molecule has 0 unspecified atom stereocenters. The molecule has 0 heterocycles. The number of carbonyl (C=O) groups excluding carboxylic acids is 1. The number of hydrogen-bond donors (Lipinski definition) is 3. The maximum absolute atomic E-state index is 11.8. The Morgan fingerprint density at radius 2 is 2.11 bits per heavy atom. The van der Waals surface area contributed by atoms with Gasteiger partial charge in [0.25, 0.3) is 11.6 Å². The number of benzene rings is 1. The maximum Gasteiger partial charge on any atom is 0.328 e. The summed E-state index contributed by atoms with van der Waals surface area (Å²) in [5.41, 5.74) is -0.0542. The molecule has 1 amide bonds. The molecular formula is C11H12N2O6. The third-order valence-corrected chi connectivity index (χ3v) is 2.38. The molecule has 0 fully saturated rings. The van der Waals surface area contributed by atoms with E-state index in [-0.39, 0.29) is 5.56 Å². The zero-order valence-corrected chi connectivity index (χ0v) is 9.99. The Bertz CT molecular complexity index is 528. The molecule has 0 aromatic heterocycles. The SMILES string of the molecule is Cc1ccc([N+](=O)[O-])c(C(=O)N[C@@H](CO)C(=O)O)c1. The predicted molar refractivity (Wildman–Crippen MR) is 63.8 cm³/mol. The third-order valence-electron chi connectivity index (χ3n) is 2.38. The average molecular weight is 268 g/mol. The van der Waals surface area contributed by atoms with E-state index in [2.05, 4.69) is 0 Å². The van der Waals surface area contributed by atoms with Gasteiger partial charge in [-0.1, -0.05) is 6.07 Å². The normalized spacial score (nSPS) is 11.7. The fraction of sp³-hybridized carbons (Fsp3) is 0.273. The Morgan fingerprint density at radius 3 is 2.58 bits per heavy atom. The highest BCUT2D eigenvalue weighted by atomic mass is 16.6. The first-order chi connectivity index (χ1) is 8.86. The number of amides is 1. The molecule has 3 N–H and O–H groups in total. The Labute approximate surface area is 107 Å². The molecule has 0 saturated carbocycles. The van der Waals surface area contributed by atoms with Crippen LogP contribution in [0.3, 0.4) is 0 Å². The Kier molecular flexibility index (Phi) is 4.54. The molecule has 19 heavy (non-hydrogen) atoms. The van der Waals surface area contributed by atoms with Gasteiger partial charge in [-0.25, -0.2) is 4.79 Å². The largest absolute Gasteiger partial charge is 0.480 e. The number of nitrogens with one attached hydrogen (secondary N) is 1. The van der Waals surface area contributed by atoms with E-state index in [9.17, 15) is 19.7 Å². The minimum absolute atomic E-state index is 0.246. The lowest BCUT2D eigenvalue weighted by molar-refractivity contribution is -0.385. The van der Waals surface area contributed by atoms with E-state index in [0.29, 0.717) is 5.56 Å². The molecule has 0 saturated heterocycles. The quantitative estimate of drug-likeness (QED) is 0.512. The molecule has 1 atom stereocenters. The highest BCUT2D eigenvalue weighted by Crippen LogP contribution is 2.19. The smallest absolute Gasteiger partial charge is 0.328 e. The van der Waals surface area contributed by atoms with E-state index in [1.54, 1.807) is 6.92 Å². The van der Waals surface area contributed by atoms with Gasteiger partial charge in [-0.3, -0.25) is 14.9 Å². The Balaban J connectivity index is 3.08. The van der Waals surface area contributed by atoms with Gasteiger partial charge in [0, 0.05) is 6.07 Å². The van der Waals surface area contributed by atoms with Crippen molar-refractivity contribution in [3.63, 3.8) is 0 Å². The number of rotatable bonds is 5. The van der Waals surface area contributed by atoms with Crippen LogP contribution >= 0.6 is 0 Å². The van der Waals surface area contributed by atoms with E-state index < -0.39 is 35.1 Å². The molecular weight excluding hydrogens is 256 g/mol.